The summed E-state index contributed by atoms with van der Waals surface area (Å²) in [7, 11) is 4.27. The Morgan fingerprint density at radius 2 is 1.67 bits per heavy atom. The normalized spacial score (nSPS) is 14.2. The van der Waals surface area contributed by atoms with Gasteiger partial charge in [0.05, 0.1) is 0 Å². The van der Waals surface area contributed by atoms with Crippen molar-refractivity contribution in [3.8, 4) is 0 Å². The van der Waals surface area contributed by atoms with Crippen LogP contribution in [-0.2, 0) is 21.5 Å². The fraction of sp³-hybridized carbons (Fsp3) is 0. The van der Waals surface area contributed by atoms with Crippen LogP contribution < -0.4 is 0 Å². The van der Waals surface area contributed by atoms with E-state index in [0.717, 1.165) is 3.14 Å². The Kier molecular flexibility index (Phi) is 2.60. The van der Waals surface area contributed by atoms with Crippen LogP contribution >= 0.6 is 51.4 Å². The van der Waals surface area contributed by atoms with Crippen molar-refractivity contribution in [2.75, 3.05) is 0 Å². The zero-order valence-electron chi connectivity index (χ0n) is 4.25. The van der Waals surface area contributed by atoms with Crippen molar-refractivity contribution in [2.24, 2.45) is 0 Å². The van der Waals surface area contributed by atoms with Gasteiger partial charge in [0.25, 0.3) is 0 Å². The van der Waals surface area contributed by atoms with Crippen LogP contribution in [-0.4, -0.2) is 0 Å². The van der Waals surface area contributed by atoms with Gasteiger partial charge in [-0.2, -0.15) is 0 Å². The third kappa shape index (κ3) is 1.56. The molecule has 44 valence electrons. The summed E-state index contributed by atoms with van der Waals surface area (Å²) in [5.41, 5.74) is 0. The van der Waals surface area contributed by atoms with Gasteiger partial charge in [0.1, 0.15) is 0 Å². The summed E-state index contributed by atoms with van der Waals surface area (Å²) in [6.45, 7) is 0. The van der Waals surface area contributed by atoms with Crippen LogP contribution in [0.1, 0.15) is 0 Å². The van der Waals surface area contributed by atoms with Crippen molar-refractivity contribution >= 4 is 51.4 Å². The molecule has 0 saturated heterocycles. The Morgan fingerprint density at radius 3 is 2.22 bits per heavy atom. The molecule has 0 nitrogen and oxygen atoms in total. The molecule has 2 rings (SSSR count). The number of hydrogen-bond acceptors (Lipinski definition) is 5. The predicted octanol–water partition coefficient (Wildman–Crippen LogP) is 3.65. The number of fused-ring (bicyclic) bond motifs is 1. The Bertz CT molecular complexity index is 247. The minimum atomic E-state index is -0.514. The third-order valence-electron chi connectivity index (χ3n) is 0.899. The molecule has 0 atom stereocenters. The van der Waals surface area contributed by atoms with E-state index in [2.05, 4.69) is 16.5 Å². The van der Waals surface area contributed by atoms with Gasteiger partial charge in [0, 0.05) is 0 Å². The summed E-state index contributed by atoms with van der Waals surface area (Å²) in [5.74, 6) is 0. The van der Waals surface area contributed by atoms with E-state index < -0.39 is 21.5 Å². The Labute approximate surface area is 83.1 Å². The fourth-order valence-corrected chi connectivity index (χ4v) is 35.9. The predicted molar refractivity (Wildman–Crippen MR) is 44.7 cm³/mol. The van der Waals surface area contributed by atoms with E-state index in [1.807, 2.05) is 22.7 Å². The van der Waals surface area contributed by atoms with E-state index in [4.69, 9.17) is 12.2 Å². The molecule has 6 heteroatoms. The molecule has 1 aliphatic heterocycles. The van der Waals surface area contributed by atoms with Crippen molar-refractivity contribution in [3.63, 3.8) is 0 Å². The van der Waals surface area contributed by atoms with Crippen LogP contribution in [0.3, 0.4) is 0 Å². The summed E-state index contributed by atoms with van der Waals surface area (Å²) in [6.07, 6.45) is 0. The molecule has 0 saturated carbocycles. The molecule has 0 unspecified atom stereocenters. The summed E-state index contributed by atoms with van der Waals surface area (Å²) < 4.78 is 4.18. The van der Waals surface area contributed by atoms with Gasteiger partial charge in [-0.05, 0) is 0 Å². The van der Waals surface area contributed by atoms with Gasteiger partial charge >= 0.3 is 84.5 Å². The number of rotatable bonds is 0. The molecule has 0 bridgehead atoms. The molecule has 0 amide bonds. The van der Waals surface area contributed by atoms with Crippen LogP contribution in [0.5, 0.6) is 0 Å². The first kappa shape index (κ1) is 7.55. The first-order chi connectivity index (χ1) is 4.36. The first-order valence-corrected chi connectivity index (χ1v) is 19.7. The molecule has 0 radical (unpaired) electrons. The average molecular weight is 397 g/mol. The van der Waals surface area contributed by atoms with Gasteiger partial charge in [-0.3, -0.25) is 0 Å². The molecule has 0 fully saturated rings. The summed E-state index contributed by atoms with van der Waals surface area (Å²) >= 11 is 8.16. The van der Waals surface area contributed by atoms with E-state index in [1.54, 1.807) is 0 Å². The second-order valence-corrected chi connectivity index (χ2v) is 22.5. The molecule has 0 aromatic carbocycles. The van der Waals surface area contributed by atoms with Crippen molar-refractivity contribution in [3.05, 3.63) is 3.14 Å². The Morgan fingerprint density at radius 1 is 1.11 bits per heavy atom. The molecular formula is C3HgS5. The van der Waals surface area contributed by atoms with E-state index in [1.165, 1.54) is 8.42 Å². The maximum absolute atomic E-state index is 5.06. The maximum atomic E-state index is 5.06. The molecule has 1 aliphatic rings. The zero-order valence-corrected chi connectivity index (χ0v) is 13.8. The van der Waals surface area contributed by atoms with E-state index in [-0.39, 0.29) is 0 Å². The van der Waals surface area contributed by atoms with E-state index in [0.29, 0.717) is 0 Å². The topological polar surface area (TPSA) is 0 Å². The van der Waals surface area contributed by atoms with Crippen molar-refractivity contribution in [1.29, 1.82) is 0 Å². The monoisotopic (exact) mass is 398 g/mol. The molecule has 2 heterocycles. The van der Waals surface area contributed by atoms with Gasteiger partial charge < -0.3 is 0 Å². The van der Waals surface area contributed by atoms with Crippen LogP contribution in [0.2, 0.25) is 0 Å². The third-order valence-corrected chi connectivity index (χ3v) is 26.5. The minimum absolute atomic E-state index is 0.514. The summed E-state index contributed by atoms with van der Waals surface area (Å²) in [5, 5.41) is 0. The first-order valence-electron chi connectivity index (χ1n) is 2.26. The van der Waals surface area contributed by atoms with Crippen molar-refractivity contribution in [1.82, 2.24) is 0 Å². The molecule has 1 aromatic rings. The van der Waals surface area contributed by atoms with Gasteiger partial charge in [0.15, 0.2) is 0 Å². The van der Waals surface area contributed by atoms with Gasteiger partial charge in [-0.15, -0.1) is 0 Å². The SMILES string of the molecule is S=c1sc2c(s1)[S][Hg][S]2. The molecule has 0 N–H and O–H groups in total. The Balaban J connectivity index is 2.64. The van der Waals surface area contributed by atoms with Crippen LogP contribution in [0, 0.1) is 3.14 Å². The van der Waals surface area contributed by atoms with Crippen LogP contribution in [0.25, 0.3) is 0 Å². The Hall–Kier alpha value is 1.91. The quantitative estimate of drug-likeness (QED) is 0.485. The van der Waals surface area contributed by atoms with Crippen molar-refractivity contribution in [2.45, 2.75) is 8.42 Å². The number of hydrogen-bond donors (Lipinski definition) is 0. The molecule has 0 spiro atoms. The zero-order chi connectivity index (χ0) is 6.27. The van der Waals surface area contributed by atoms with E-state index in [9.17, 15) is 0 Å². The van der Waals surface area contributed by atoms with Gasteiger partial charge in [-0.1, -0.05) is 0 Å². The second kappa shape index (κ2) is 3.10. The average Bonchev–Trinajstić information content (AvgIpc) is 2.22. The van der Waals surface area contributed by atoms with Crippen LogP contribution in [0.4, 0.5) is 0 Å². The fourth-order valence-electron chi connectivity index (χ4n) is 0.569. The standard InChI is InChI=1S/C3H2S5.Hg/c4-1-2(5)8-3(6)7-1;/h4-5H;/q;+2/p-2. The van der Waals surface area contributed by atoms with Gasteiger partial charge in [-0.25, -0.2) is 0 Å². The molecule has 1 aromatic heterocycles. The second-order valence-electron chi connectivity index (χ2n) is 1.44. The van der Waals surface area contributed by atoms with E-state index >= 15 is 0 Å². The van der Waals surface area contributed by atoms with Crippen LogP contribution in [0.15, 0.2) is 8.42 Å². The summed E-state index contributed by atoms with van der Waals surface area (Å²) in [4.78, 5) is 0. The molecular weight excluding hydrogens is 397 g/mol. The van der Waals surface area contributed by atoms with Crippen molar-refractivity contribution < 1.29 is 21.5 Å². The molecule has 0 aliphatic carbocycles. The van der Waals surface area contributed by atoms with Gasteiger partial charge in [0.2, 0.25) is 0 Å². The molecule has 9 heavy (non-hydrogen) atoms. The summed E-state index contributed by atoms with van der Waals surface area (Å²) in [6, 6.07) is 0.